The molecule has 2 aromatic carbocycles. The highest BCUT2D eigenvalue weighted by molar-refractivity contribution is 5.99. The van der Waals surface area contributed by atoms with Crippen LogP contribution in [0.5, 0.6) is 0 Å². The molecule has 2 heterocycles. The van der Waals surface area contributed by atoms with Gasteiger partial charge in [-0.25, -0.2) is 19.4 Å². The number of carboxylic acid groups (broad SMARTS) is 3. The number of para-hydroxylation sites is 1. The van der Waals surface area contributed by atoms with Gasteiger partial charge in [0, 0.05) is 37.0 Å². The SMILES string of the molecule is CC(C)[C@H](N)C(=O)NCCCCCC(=O)O[C@H](CN1C[C@H]2CCCC[C@H]2C[C@H]1C(=O)NC(C)(C)C)[C@H](Cc1ccccc1)NC(=O)[C@H](CC(N)=O)NC(=O)c1ccc2ccccc2n1.O=C(O)C(F)(F)F.O=C(O)C(F)(F)F.O=C(O)C(F)(F)F. The Morgan fingerprint density at radius 1 is 0.718 bits per heavy atom. The predicted octanol–water partition coefficient (Wildman–Crippen LogP) is 6.20. The molecular weight excluding hydrogens is 1150 g/mol. The van der Waals surface area contributed by atoms with Crippen LogP contribution in [0.2, 0.25) is 0 Å². The van der Waals surface area contributed by atoms with Crippen LogP contribution < -0.4 is 32.7 Å². The molecule has 21 nitrogen and oxygen atoms in total. The summed E-state index contributed by atoms with van der Waals surface area (Å²) in [5.74, 6) is -10.5. The number of primary amides is 1. The van der Waals surface area contributed by atoms with Crippen molar-refractivity contribution in [2.24, 2.45) is 29.2 Å². The molecule has 1 aliphatic carbocycles. The lowest BCUT2D eigenvalue weighted by Crippen LogP contribution is -2.61. The molecule has 3 aromatic rings. The van der Waals surface area contributed by atoms with Crippen LogP contribution in [0.4, 0.5) is 39.5 Å². The molecule has 2 aliphatic rings. The van der Waals surface area contributed by atoms with E-state index in [-0.39, 0.29) is 42.8 Å². The van der Waals surface area contributed by atoms with E-state index in [1.54, 1.807) is 24.3 Å². The third kappa shape index (κ3) is 27.8. The number of carbonyl (C=O) groups is 9. The number of hydrogen-bond donors (Lipinski definition) is 9. The molecule has 7 atom stereocenters. The second-order valence-electron chi connectivity index (χ2n) is 21.4. The first-order valence-electron chi connectivity index (χ1n) is 26.8. The maximum atomic E-state index is 14.4. The van der Waals surface area contributed by atoms with Crippen molar-refractivity contribution in [3.05, 3.63) is 78.0 Å². The van der Waals surface area contributed by atoms with Gasteiger partial charge in [-0.15, -0.1) is 0 Å². The number of benzene rings is 2. The van der Waals surface area contributed by atoms with E-state index in [1.165, 1.54) is 0 Å². The number of carbonyl (C=O) groups excluding carboxylic acids is 6. The second-order valence-corrected chi connectivity index (χ2v) is 21.4. The summed E-state index contributed by atoms with van der Waals surface area (Å²) in [6, 6.07) is 16.7. The number of nitrogens with two attached hydrogens (primary N) is 2. The van der Waals surface area contributed by atoms with E-state index in [1.807, 2.05) is 77.1 Å². The van der Waals surface area contributed by atoms with Crippen LogP contribution in [0, 0.1) is 17.8 Å². The highest BCUT2D eigenvalue weighted by Gasteiger charge is 2.44. The van der Waals surface area contributed by atoms with Crippen molar-refractivity contribution < 1.29 is 103 Å². The zero-order chi connectivity index (χ0) is 64.6. The van der Waals surface area contributed by atoms with Gasteiger partial charge in [0.15, 0.2) is 0 Å². The van der Waals surface area contributed by atoms with Crippen LogP contribution in [0.15, 0.2) is 66.7 Å². The number of esters is 1. The minimum Gasteiger partial charge on any atom is -0.475 e. The largest absolute Gasteiger partial charge is 0.490 e. The number of nitrogens with zero attached hydrogens (tertiary/aromatic N) is 2. The number of amides is 5. The smallest absolute Gasteiger partial charge is 0.475 e. The Hall–Kier alpha value is -7.63. The number of carboxylic acids is 3. The van der Waals surface area contributed by atoms with Crippen LogP contribution in [-0.4, -0.2) is 153 Å². The lowest BCUT2D eigenvalue weighted by molar-refractivity contribution is -0.193. The van der Waals surface area contributed by atoms with E-state index < -0.39 is 102 Å². The molecule has 5 rings (SSSR count). The van der Waals surface area contributed by atoms with Crippen molar-refractivity contribution in [2.75, 3.05) is 19.6 Å². The van der Waals surface area contributed by atoms with E-state index in [9.17, 15) is 68.3 Å². The zero-order valence-corrected chi connectivity index (χ0v) is 47.2. The molecule has 1 aliphatic heterocycles. The number of aliphatic carboxylic acids is 3. The number of likely N-dealkylation sites (tertiary alicyclic amines) is 1. The fourth-order valence-corrected chi connectivity index (χ4v) is 8.80. The van der Waals surface area contributed by atoms with E-state index >= 15 is 0 Å². The normalized spacial score (nSPS) is 17.6. The van der Waals surface area contributed by atoms with Gasteiger partial charge < -0.3 is 52.8 Å². The van der Waals surface area contributed by atoms with E-state index in [0.717, 1.165) is 36.6 Å². The second kappa shape index (κ2) is 33.8. The first kappa shape index (κ1) is 73.5. The number of piperidine rings is 1. The molecule has 1 saturated carbocycles. The Labute approximate surface area is 483 Å². The molecule has 30 heteroatoms. The molecule has 1 saturated heterocycles. The monoisotopic (exact) mass is 1220 g/mol. The van der Waals surface area contributed by atoms with Crippen LogP contribution in [-0.2, 0) is 49.5 Å². The fourth-order valence-electron chi connectivity index (χ4n) is 8.80. The lowest BCUT2D eigenvalue weighted by Gasteiger charge is -2.47. The highest BCUT2D eigenvalue weighted by atomic mass is 19.4. The van der Waals surface area contributed by atoms with E-state index in [0.29, 0.717) is 56.1 Å². The summed E-state index contributed by atoms with van der Waals surface area (Å²) in [7, 11) is 0. The van der Waals surface area contributed by atoms with Gasteiger partial charge in [-0.2, -0.15) is 39.5 Å². The number of rotatable bonds is 21. The van der Waals surface area contributed by atoms with Crippen LogP contribution in [0.1, 0.15) is 115 Å². The van der Waals surface area contributed by atoms with Crippen molar-refractivity contribution in [3.63, 3.8) is 0 Å². The Morgan fingerprint density at radius 2 is 1.26 bits per heavy atom. The number of fused-ring (bicyclic) bond motifs is 2. The van der Waals surface area contributed by atoms with Gasteiger partial charge in [0.1, 0.15) is 17.8 Å². The Balaban J connectivity index is 0.000000994. The number of nitrogens with one attached hydrogen (secondary N) is 4. The zero-order valence-electron chi connectivity index (χ0n) is 47.2. The predicted molar refractivity (Wildman–Crippen MR) is 287 cm³/mol. The highest BCUT2D eigenvalue weighted by Crippen LogP contribution is 2.39. The summed E-state index contributed by atoms with van der Waals surface area (Å²) < 4.78 is 102. The van der Waals surface area contributed by atoms with Gasteiger partial charge in [0.2, 0.25) is 23.6 Å². The van der Waals surface area contributed by atoms with Gasteiger partial charge in [-0.05, 0) is 88.3 Å². The molecule has 1 aromatic heterocycles. The topological polar surface area (TPSA) is 340 Å². The number of pyridine rings is 1. The minimum atomic E-state index is -5.08. The standard InChI is InChI=1S/C49H70N8O7.3C2HF3O2/c1-31(2)44(51)48(63)52-25-15-7-10-22-43(59)64-41(30-57-29-35-20-12-11-19-34(35)27-40(57)47(62)56-49(3,4)5)38(26-32-16-8-6-9-17-32)54-46(61)39(28-42(50)58)55-45(60)37-24-23-33-18-13-14-21-36(33)53-37;3*3-2(4,5)1(6)7/h6,8-9,13-14,16-18,21,23-24,31,34-35,38-41,44H,7,10-12,15,19-20,22,25-30,51H2,1-5H3,(H2,50,58)(H,52,63)(H,54,61)(H,55,60)(H,56,62);3*(H,6,7)/t34-,35+,38-,39-,40-,41+,44-;;;/m0.../s1. The quantitative estimate of drug-likeness (QED) is 0.0325. The first-order valence-corrected chi connectivity index (χ1v) is 26.8. The molecular formula is C55H73F9N8O13. The Bertz CT molecular complexity index is 2650. The van der Waals surface area contributed by atoms with Gasteiger partial charge >= 0.3 is 42.4 Å². The van der Waals surface area contributed by atoms with Crippen LogP contribution in [0.3, 0.4) is 0 Å². The maximum absolute atomic E-state index is 14.4. The minimum absolute atomic E-state index is 0.0101. The lowest BCUT2D eigenvalue weighted by atomic mass is 9.72. The number of hydrogen-bond acceptors (Lipinski definition) is 13. The van der Waals surface area contributed by atoms with Crippen molar-refractivity contribution in [3.8, 4) is 0 Å². The van der Waals surface area contributed by atoms with Gasteiger partial charge in [0.05, 0.1) is 30.1 Å². The third-order valence-electron chi connectivity index (χ3n) is 13.0. The van der Waals surface area contributed by atoms with Gasteiger partial charge in [-0.3, -0.25) is 33.7 Å². The van der Waals surface area contributed by atoms with E-state index in [2.05, 4.69) is 31.2 Å². The molecule has 2 fully saturated rings. The molecule has 0 radical (unpaired) electrons. The summed E-state index contributed by atoms with van der Waals surface area (Å²) in [5, 5.41) is 34.0. The van der Waals surface area contributed by atoms with Crippen molar-refractivity contribution >= 4 is 64.3 Å². The molecule has 0 bridgehead atoms. The maximum Gasteiger partial charge on any atom is 0.490 e. The number of halogens is 9. The number of aromatic nitrogens is 1. The molecule has 5 amide bonds. The van der Waals surface area contributed by atoms with Crippen LogP contribution in [0.25, 0.3) is 10.9 Å². The number of unbranched alkanes of at least 4 members (excludes halogenated alkanes) is 2. The number of alkyl halides is 9. The average Bonchev–Trinajstić information content (AvgIpc) is 2.56. The summed E-state index contributed by atoms with van der Waals surface area (Å²) in [5.41, 5.74) is 12.6. The van der Waals surface area contributed by atoms with Gasteiger partial charge in [0.25, 0.3) is 5.91 Å². The summed E-state index contributed by atoms with van der Waals surface area (Å²) in [4.78, 5) is 114. The summed E-state index contributed by atoms with van der Waals surface area (Å²) in [6.45, 7) is 10.8. The molecule has 474 valence electrons. The van der Waals surface area contributed by atoms with Crippen LogP contribution >= 0.6 is 0 Å². The molecule has 11 N–H and O–H groups in total. The number of ether oxygens (including phenoxy) is 1. The van der Waals surface area contributed by atoms with Gasteiger partial charge in [-0.1, -0.05) is 94.1 Å². The van der Waals surface area contributed by atoms with Crippen molar-refractivity contribution in [2.45, 2.75) is 160 Å². The summed E-state index contributed by atoms with van der Waals surface area (Å²) >= 11 is 0. The van der Waals surface area contributed by atoms with Crippen molar-refractivity contribution in [1.29, 1.82) is 0 Å². The van der Waals surface area contributed by atoms with E-state index in [4.69, 9.17) is 45.9 Å². The van der Waals surface area contributed by atoms with Crippen molar-refractivity contribution in [1.82, 2.24) is 31.2 Å². The molecule has 0 spiro atoms. The third-order valence-corrected chi connectivity index (χ3v) is 13.0. The molecule has 85 heavy (non-hydrogen) atoms. The molecule has 0 unspecified atom stereocenters. The fraction of sp³-hybridized carbons (Fsp3) is 0.564. The Kier molecular flexibility index (Phi) is 29.2. The first-order chi connectivity index (χ1) is 39.3. The average molecular weight is 1230 g/mol. The Morgan fingerprint density at radius 3 is 1.79 bits per heavy atom. The summed E-state index contributed by atoms with van der Waals surface area (Å²) in [6.07, 6.45) is -9.63.